The number of nitrogens with zero attached hydrogens (tertiary/aromatic N) is 1. The number of hydrogen-bond acceptors (Lipinski definition) is 5. The molecule has 1 aromatic rings. The molecule has 0 aromatic heterocycles. The molecule has 3 atom stereocenters. The Morgan fingerprint density at radius 2 is 2.00 bits per heavy atom. The predicted octanol–water partition coefficient (Wildman–Crippen LogP) is 1.37. The monoisotopic (exact) mass is 300 g/mol. The lowest BCUT2D eigenvalue weighted by molar-refractivity contribution is -0.384. The lowest BCUT2D eigenvalue weighted by atomic mass is 10.1. The molecule has 0 aliphatic carbocycles. The largest absolute Gasteiger partial charge is 0.387 e. The van der Waals surface area contributed by atoms with E-state index in [4.69, 9.17) is 0 Å². The SMILES string of the molecule is CC(CCS(C)=O)NCC(O)c1ccc([N+](=O)[O-])cc1. The van der Waals surface area contributed by atoms with Crippen LogP contribution in [0.1, 0.15) is 25.0 Å². The van der Waals surface area contributed by atoms with Gasteiger partial charge in [0, 0.05) is 47.5 Å². The van der Waals surface area contributed by atoms with Gasteiger partial charge in [0.15, 0.2) is 0 Å². The predicted molar refractivity (Wildman–Crippen MR) is 79.1 cm³/mol. The molecule has 0 radical (unpaired) electrons. The van der Waals surface area contributed by atoms with Crippen LogP contribution in [0.3, 0.4) is 0 Å². The summed E-state index contributed by atoms with van der Waals surface area (Å²) >= 11 is 0. The van der Waals surface area contributed by atoms with Gasteiger partial charge >= 0.3 is 0 Å². The first-order chi connectivity index (χ1) is 9.40. The quantitative estimate of drug-likeness (QED) is 0.559. The second kappa shape index (κ2) is 8.08. The fraction of sp³-hybridized carbons (Fsp3) is 0.538. The summed E-state index contributed by atoms with van der Waals surface area (Å²) in [6, 6.07) is 6.02. The van der Waals surface area contributed by atoms with Crippen molar-refractivity contribution in [3.63, 3.8) is 0 Å². The number of rotatable bonds is 8. The fourth-order valence-electron chi connectivity index (χ4n) is 1.69. The molecular weight excluding hydrogens is 280 g/mol. The number of aliphatic hydroxyl groups excluding tert-OH is 1. The van der Waals surface area contributed by atoms with Gasteiger partial charge in [-0.1, -0.05) is 0 Å². The minimum absolute atomic E-state index is 0.00713. The minimum atomic E-state index is -0.810. The molecule has 0 aliphatic rings. The molecule has 1 rings (SSSR count). The minimum Gasteiger partial charge on any atom is -0.387 e. The van der Waals surface area contributed by atoms with Crippen molar-refractivity contribution in [2.24, 2.45) is 0 Å². The van der Waals surface area contributed by atoms with Crippen LogP contribution in [0.25, 0.3) is 0 Å². The van der Waals surface area contributed by atoms with Crippen LogP contribution in [-0.2, 0) is 10.8 Å². The molecule has 112 valence electrons. The lowest BCUT2D eigenvalue weighted by Crippen LogP contribution is -2.31. The summed E-state index contributed by atoms with van der Waals surface area (Å²) in [6.45, 7) is 2.32. The number of nitro groups is 1. The Kier molecular flexibility index (Phi) is 6.77. The van der Waals surface area contributed by atoms with E-state index in [0.29, 0.717) is 17.9 Å². The Balaban J connectivity index is 2.44. The summed E-state index contributed by atoms with van der Waals surface area (Å²) in [5.41, 5.74) is 0.641. The van der Waals surface area contributed by atoms with Crippen molar-refractivity contribution in [1.29, 1.82) is 0 Å². The highest BCUT2D eigenvalue weighted by molar-refractivity contribution is 7.84. The molecule has 0 spiro atoms. The zero-order valence-corrected chi connectivity index (χ0v) is 12.4. The van der Waals surface area contributed by atoms with Crippen LogP contribution < -0.4 is 5.32 Å². The molecule has 0 fully saturated rings. The highest BCUT2D eigenvalue weighted by atomic mass is 32.2. The van der Waals surface area contributed by atoms with Crippen LogP contribution in [0, 0.1) is 10.1 Å². The summed E-state index contributed by atoms with van der Waals surface area (Å²) in [4.78, 5) is 10.1. The van der Waals surface area contributed by atoms with Gasteiger partial charge in [0.05, 0.1) is 11.0 Å². The molecule has 2 N–H and O–H groups in total. The first kappa shape index (κ1) is 16.7. The number of benzene rings is 1. The van der Waals surface area contributed by atoms with Gasteiger partial charge in [-0.3, -0.25) is 14.3 Å². The molecule has 0 saturated heterocycles. The Hall–Kier alpha value is -1.31. The number of aliphatic hydroxyl groups is 1. The molecule has 20 heavy (non-hydrogen) atoms. The van der Waals surface area contributed by atoms with Gasteiger partial charge in [0.2, 0.25) is 0 Å². The Morgan fingerprint density at radius 1 is 1.40 bits per heavy atom. The van der Waals surface area contributed by atoms with Gasteiger partial charge in [-0.15, -0.1) is 0 Å². The molecule has 1 aromatic carbocycles. The number of nitrogens with one attached hydrogen (secondary N) is 1. The van der Waals surface area contributed by atoms with E-state index in [1.165, 1.54) is 12.1 Å². The van der Waals surface area contributed by atoms with Crippen molar-refractivity contribution in [2.45, 2.75) is 25.5 Å². The average molecular weight is 300 g/mol. The topological polar surface area (TPSA) is 92.5 Å². The molecule has 3 unspecified atom stereocenters. The summed E-state index contributed by atoms with van der Waals surface area (Å²) in [6.07, 6.45) is 1.72. The van der Waals surface area contributed by atoms with Crippen molar-refractivity contribution in [3.05, 3.63) is 39.9 Å². The van der Waals surface area contributed by atoms with E-state index in [1.807, 2.05) is 6.92 Å². The van der Waals surface area contributed by atoms with Crippen molar-refractivity contribution < 1.29 is 14.2 Å². The molecule has 6 nitrogen and oxygen atoms in total. The fourth-order valence-corrected chi connectivity index (χ4v) is 2.38. The van der Waals surface area contributed by atoms with E-state index in [0.717, 1.165) is 6.42 Å². The third kappa shape index (κ3) is 5.77. The summed E-state index contributed by atoms with van der Waals surface area (Å²) < 4.78 is 11.0. The van der Waals surface area contributed by atoms with E-state index in [1.54, 1.807) is 18.4 Å². The van der Waals surface area contributed by atoms with Crippen molar-refractivity contribution in [3.8, 4) is 0 Å². The first-order valence-electron chi connectivity index (χ1n) is 6.36. The van der Waals surface area contributed by atoms with Crippen molar-refractivity contribution in [1.82, 2.24) is 5.32 Å². The van der Waals surface area contributed by atoms with Gasteiger partial charge < -0.3 is 10.4 Å². The lowest BCUT2D eigenvalue weighted by Gasteiger charge is -2.17. The third-order valence-electron chi connectivity index (χ3n) is 2.99. The normalized spacial score (nSPS) is 15.6. The molecule has 0 heterocycles. The second-order valence-electron chi connectivity index (χ2n) is 4.74. The standard InChI is InChI=1S/C13H20N2O4S/c1-10(7-8-20(2)19)14-9-13(16)11-3-5-12(6-4-11)15(17)18/h3-6,10,13-14,16H,7-9H2,1-2H3. The number of hydrogen-bond donors (Lipinski definition) is 2. The molecule has 0 amide bonds. The van der Waals surface area contributed by atoms with Gasteiger partial charge in [-0.2, -0.15) is 0 Å². The van der Waals surface area contributed by atoms with E-state index in [2.05, 4.69) is 5.32 Å². The van der Waals surface area contributed by atoms with Crippen LogP contribution >= 0.6 is 0 Å². The number of nitro benzene ring substituents is 1. The molecule has 7 heteroatoms. The average Bonchev–Trinajstić information content (AvgIpc) is 2.42. The summed E-state index contributed by atoms with van der Waals surface area (Å²) in [5.74, 6) is 0.627. The van der Waals surface area contributed by atoms with Crippen LogP contribution in [0.2, 0.25) is 0 Å². The molecule has 0 bridgehead atoms. The van der Waals surface area contributed by atoms with Crippen LogP contribution in [0.4, 0.5) is 5.69 Å². The Morgan fingerprint density at radius 3 is 2.50 bits per heavy atom. The zero-order valence-electron chi connectivity index (χ0n) is 11.6. The van der Waals surface area contributed by atoms with Gasteiger partial charge in [-0.25, -0.2) is 0 Å². The zero-order chi connectivity index (χ0) is 15.1. The van der Waals surface area contributed by atoms with E-state index in [-0.39, 0.29) is 11.7 Å². The molecular formula is C13H20N2O4S. The number of non-ortho nitro benzene ring substituents is 1. The van der Waals surface area contributed by atoms with Gasteiger partial charge in [0.25, 0.3) is 5.69 Å². The maximum Gasteiger partial charge on any atom is 0.269 e. The third-order valence-corrected chi connectivity index (χ3v) is 3.80. The van der Waals surface area contributed by atoms with Gasteiger partial charge in [0.1, 0.15) is 0 Å². The Bertz CT molecular complexity index is 464. The highest BCUT2D eigenvalue weighted by Gasteiger charge is 2.11. The van der Waals surface area contributed by atoms with E-state index >= 15 is 0 Å². The van der Waals surface area contributed by atoms with Crippen molar-refractivity contribution in [2.75, 3.05) is 18.6 Å². The maximum atomic E-state index is 11.0. The van der Waals surface area contributed by atoms with E-state index < -0.39 is 21.8 Å². The van der Waals surface area contributed by atoms with Crippen molar-refractivity contribution >= 4 is 16.5 Å². The van der Waals surface area contributed by atoms with Gasteiger partial charge in [-0.05, 0) is 31.0 Å². The second-order valence-corrected chi connectivity index (χ2v) is 6.29. The van der Waals surface area contributed by atoms with Crippen LogP contribution in [0.5, 0.6) is 0 Å². The Labute approximate surface area is 120 Å². The van der Waals surface area contributed by atoms with Crippen LogP contribution in [0.15, 0.2) is 24.3 Å². The first-order valence-corrected chi connectivity index (χ1v) is 8.08. The maximum absolute atomic E-state index is 11.0. The summed E-state index contributed by atoms with van der Waals surface area (Å²) in [7, 11) is -0.810. The highest BCUT2D eigenvalue weighted by Crippen LogP contribution is 2.17. The summed E-state index contributed by atoms with van der Waals surface area (Å²) in [5, 5.41) is 23.7. The molecule has 0 aliphatic heterocycles. The smallest absolute Gasteiger partial charge is 0.269 e. The molecule has 0 saturated carbocycles. The van der Waals surface area contributed by atoms with Crippen LogP contribution in [-0.4, -0.2) is 38.8 Å². The van der Waals surface area contributed by atoms with E-state index in [9.17, 15) is 19.4 Å².